The Kier molecular flexibility index (Phi) is 8.01. The van der Waals surface area contributed by atoms with E-state index in [2.05, 4.69) is 62.4 Å². The van der Waals surface area contributed by atoms with Gasteiger partial charge in [0.05, 0.1) is 19.1 Å². The van der Waals surface area contributed by atoms with Gasteiger partial charge in [-0.3, -0.25) is 0 Å². The fraction of sp³-hybridized carbons (Fsp3) is 0.300. The molecule has 0 amide bonds. The summed E-state index contributed by atoms with van der Waals surface area (Å²) in [6, 6.07) is 28.8. The highest BCUT2D eigenvalue weighted by atomic mass is 16.7. The standard InChI is InChI=1S/C30H31NO3/c1-22(2)11-12-23-13-15-26(16-14-23)34-29(17-18-31)32-19-20-33-30-27-9-5-3-7-24(27)21-25-8-4-6-10-28(25)30/h3-10,13-16,21-22,29H,11-12,17,19-20H2,1-2H3. The number of hydrogen-bond acceptors (Lipinski definition) is 4. The van der Waals surface area contributed by atoms with Gasteiger partial charge in [-0.2, -0.15) is 5.26 Å². The molecule has 0 saturated carbocycles. The lowest BCUT2D eigenvalue weighted by Crippen LogP contribution is -2.23. The summed E-state index contributed by atoms with van der Waals surface area (Å²) in [5.41, 5.74) is 1.29. The molecule has 4 aromatic carbocycles. The van der Waals surface area contributed by atoms with Gasteiger partial charge < -0.3 is 14.2 Å². The molecule has 34 heavy (non-hydrogen) atoms. The van der Waals surface area contributed by atoms with E-state index in [1.807, 2.05) is 36.4 Å². The van der Waals surface area contributed by atoms with Crippen molar-refractivity contribution in [3.05, 3.63) is 84.4 Å². The second-order valence-corrected chi connectivity index (χ2v) is 8.85. The molecule has 0 spiro atoms. The Morgan fingerprint density at radius 2 is 1.47 bits per heavy atom. The first-order chi connectivity index (χ1) is 16.6. The molecule has 4 rings (SSSR count). The summed E-state index contributed by atoms with van der Waals surface area (Å²) in [6.07, 6.45) is 1.72. The molecular formula is C30H31NO3. The topological polar surface area (TPSA) is 51.5 Å². The van der Waals surface area contributed by atoms with Crippen molar-refractivity contribution in [3.63, 3.8) is 0 Å². The van der Waals surface area contributed by atoms with Crippen LogP contribution in [0.15, 0.2) is 78.9 Å². The van der Waals surface area contributed by atoms with Crippen molar-refractivity contribution in [1.29, 1.82) is 5.26 Å². The normalized spacial score (nSPS) is 12.1. The van der Waals surface area contributed by atoms with Gasteiger partial charge in [-0.1, -0.05) is 74.5 Å². The average Bonchev–Trinajstić information content (AvgIpc) is 2.85. The van der Waals surface area contributed by atoms with E-state index in [0.29, 0.717) is 24.9 Å². The van der Waals surface area contributed by atoms with Gasteiger partial charge in [-0.25, -0.2) is 0 Å². The molecule has 0 aliphatic rings. The number of benzene rings is 4. The van der Waals surface area contributed by atoms with Crippen molar-refractivity contribution in [2.75, 3.05) is 13.2 Å². The molecule has 0 aromatic heterocycles. The van der Waals surface area contributed by atoms with Gasteiger partial charge in [-0.15, -0.1) is 0 Å². The van der Waals surface area contributed by atoms with Gasteiger partial charge in [-0.05, 0) is 53.3 Å². The Morgan fingerprint density at radius 1 is 0.824 bits per heavy atom. The van der Waals surface area contributed by atoms with Crippen LogP contribution < -0.4 is 9.47 Å². The maximum atomic E-state index is 9.21. The highest BCUT2D eigenvalue weighted by Crippen LogP contribution is 2.34. The van der Waals surface area contributed by atoms with Crippen LogP contribution in [-0.2, 0) is 11.2 Å². The van der Waals surface area contributed by atoms with E-state index in [-0.39, 0.29) is 6.42 Å². The van der Waals surface area contributed by atoms with E-state index in [1.54, 1.807) is 0 Å². The van der Waals surface area contributed by atoms with Gasteiger partial charge >= 0.3 is 0 Å². The third-order valence-corrected chi connectivity index (χ3v) is 5.81. The van der Waals surface area contributed by atoms with E-state index in [4.69, 9.17) is 14.2 Å². The first-order valence-corrected chi connectivity index (χ1v) is 11.9. The van der Waals surface area contributed by atoms with Crippen LogP contribution in [0.5, 0.6) is 11.5 Å². The molecule has 0 radical (unpaired) electrons. The van der Waals surface area contributed by atoms with Crippen molar-refractivity contribution < 1.29 is 14.2 Å². The lowest BCUT2D eigenvalue weighted by atomic mass is 10.0. The van der Waals surface area contributed by atoms with Gasteiger partial charge in [0, 0.05) is 10.8 Å². The van der Waals surface area contributed by atoms with Gasteiger partial charge in [0.2, 0.25) is 6.29 Å². The Labute approximate surface area is 201 Å². The summed E-state index contributed by atoms with van der Waals surface area (Å²) in [6.45, 7) is 5.13. The number of aryl methyl sites for hydroxylation is 1. The van der Waals surface area contributed by atoms with Crippen LogP contribution in [0.2, 0.25) is 0 Å². The molecule has 0 aliphatic carbocycles. The fourth-order valence-electron chi connectivity index (χ4n) is 4.00. The van der Waals surface area contributed by atoms with E-state index in [9.17, 15) is 5.26 Å². The smallest absolute Gasteiger partial charge is 0.213 e. The predicted molar refractivity (Wildman–Crippen MR) is 137 cm³/mol. The Bertz CT molecular complexity index is 1200. The second-order valence-electron chi connectivity index (χ2n) is 8.85. The molecule has 4 aromatic rings. The van der Waals surface area contributed by atoms with Crippen LogP contribution in [-0.4, -0.2) is 19.5 Å². The minimum absolute atomic E-state index is 0.145. The van der Waals surface area contributed by atoms with Gasteiger partial charge in [0.1, 0.15) is 18.1 Å². The second kappa shape index (κ2) is 11.5. The summed E-state index contributed by atoms with van der Waals surface area (Å²) in [5, 5.41) is 13.6. The fourth-order valence-corrected chi connectivity index (χ4v) is 4.00. The van der Waals surface area contributed by atoms with Crippen molar-refractivity contribution >= 4 is 21.5 Å². The summed E-state index contributed by atoms with van der Waals surface area (Å²) < 4.78 is 18.0. The van der Waals surface area contributed by atoms with E-state index in [1.165, 1.54) is 5.56 Å². The number of rotatable bonds is 11. The zero-order valence-electron chi connectivity index (χ0n) is 19.9. The van der Waals surface area contributed by atoms with E-state index < -0.39 is 6.29 Å². The van der Waals surface area contributed by atoms with Crippen molar-refractivity contribution in [1.82, 2.24) is 0 Å². The average molecular weight is 454 g/mol. The number of hydrogen-bond donors (Lipinski definition) is 0. The monoisotopic (exact) mass is 453 g/mol. The van der Waals surface area contributed by atoms with Gasteiger partial charge in [0.15, 0.2) is 0 Å². The maximum absolute atomic E-state index is 9.21. The molecule has 0 aliphatic heterocycles. The van der Waals surface area contributed by atoms with Gasteiger partial charge in [0.25, 0.3) is 0 Å². The SMILES string of the molecule is CC(C)CCc1ccc(OC(CC#N)OCCOc2c3ccccc3cc3ccccc23)cc1. The van der Waals surface area contributed by atoms with E-state index >= 15 is 0 Å². The summed E-state index contributed by atoms with van der Waals surface area (Å²) in [7, 11) is 0. The number of ether oxygens (including phenoxy) is 3. The van der Waals surface area contributed by atoms with Crippen LogP contribution in [0.4, 0.5) is 0 Å². The predicted octanol–water partition coefficient (Wildman–Crippen LogP) is 7.30. The molecule has 0 bridgehead atoms. The Balaban J connectivity index is 1.37. The van der Waals surface area contributed by atoms with E-state index in [0.717, 1.165) is 40.1 Å². The number of fused-ring (bicyclic) bond motifs is 2. The van der Waals surface area contributed by atoms with Crippen molar-refractivity contribution in [3.8, 4) is 17.6 Å². The van der Waals surface area contributed by atoms with Crippen LogP contribution >= 0.6 is 0 Å². The Morgan fingerprint density at radius 3 is 2.09 bits per heavy atom. The molecule has 4 heteroatoms. The molecular weight excluding hydrogens is 422 g/mol. The molecule has 0 N–H and O–H groups in total. The number of nitriles is 1. The zero-order valence-corrected chi connectivity index (χ0v) is 19.9. The van der Waals surface area contributed by atoms with Crippen LogP contribution in [0, 0.1) is 17.2 Å². The first-order valence-electron chi connectivity index (χ1n) is 11.9. The summed E-state index contributed by atoms with van der Waals surface area (Å²) >= 11 is 0. The lowest BCUT2D eigenvalue weighted by molar-refractivity contribution is -0.0829. The molecule has 4 nitrogen and oxygen atoms in total. The largest absolute Gasteiger partial charge is 0.490 e. The molecule has 0 heterocycles. The molecule has 0 fully saturated rings. The third-order valence-electron chi connectivity index (χ3n) is 5.81. The van der Waals surface area contributed by atoms with Crippen LogP contribution in [0.3, 0.4) is 0 Å². The highest BCUT2D eigenvalue weighted by molar-refractivity contribution is 6.05. The zero-order chi connectivity index (χ0) is 23.8. The first kappa shape index (κ1) is 23.6. The van der Waals surface area contributed by atoms with Crippen molar-refractivity contribution in [2.45, 2.75) is 39.4 Å². The highest BCUT2D eigenvalue weighted by Gasteiger charge is 2.13. The maximum Gasteiger partial charge on any atom is 0.213 e. The quantitative estimate of drug-likeness (QED) is 0.136. The number of nitrogens with zero attached hydrogens (tertiary/aromatic N) is 1. The molecule has 1 atom stereocenters. The minimum atomic E-state index is -0.639. The molecule has 0 saturated heterocycles. The lowest BCUT2D eigenvalue weighted by Gasteiger charge is -2.18. The van der Waals surface area contributed by atoms with Crippen LogP contribution in [0.25, 0.3) is 21.5 Å². The van der Waals surface area contributed by atoms with Crippen molar-refractivity contribution in [2.24, 2.45) is 5.92 Å². The minimum Gasteiger partial charge on any atom is -0.490 e. The summed E-state index contributed by atoms with van der Waals surface area (Å²) in [4.78, 5) is 0. The molecule has 1 unspecified atom stereocenters. The Hall–Kier alpha value is -3.55. The summed E-state index contributed by atoms with van der Waals surface area (Å²) in [5.74, 6) is 2.24. The third kappa shape index (κ3) is 6.07. The van der Waals surface area contributed by atoms with Crippen LogP contribution in [0.1, 0.15) is 32.3 Å². The molecule has 174 valence electrons.